The van der Waals surface area contributed by atoms with Gasteiger partial charge in [0.05, 0.1) is 6.61 Å². The zero-order valence-corrected chi connectivity index (χ0v) is 16.3. The normalized spacial score (nSPS) is 10.6. The molecular weight excluding hydrogens is 372 g/mol. The standard InChI is InChI=1S/C22H22N2O5/c1-14-18-6-3-4-7-19(18)29-21(14)22(27)24-23-20(26)8-5-13-28-17-11-9-16(10-12-17)15(2)25/h3-4,6-7,9-12H,5,8,13H2,1-2H3,(H,23,26)(H,24,27). The van der Waals surface area contributed by atoms with Crippen molar-refractivity contribution in [1.82, 2.24) is 10.9 Å². The molecule has 7 heteroatoms. The molecule has 0 radical (unpaired) electrons. The Morgan fingerprint density at radius 2 is 1.72 bits per heavy atom. The van der Waals surface area contributed by atoms with Gasteiger partial charge in [0.25, 0.3) is 0 Å². The Bertz CT molecular complexity index is 1040. The average molecular weight is 394 g/mol. The molecule has 0 spiro atoms. The molecule has 29 heavy (non-hydrogen) atoms. The molecule has 1 heterocycles. The molecule has 0 atom stereocenters. The number of hydrazine groups is 1. The van der Waals surface area contributed by atoms with E-state index in [0.717, 1.165) is 10.9 Å². The highest BCUT2D eigenvalue weighted by atomic mass is 16.5. The fourth-order valence-electron chi connectivity index (χ4n) is 2.85. The van der Waals surface area contributed by atoms with Crippen molar-refractivity contribution in [1.29, 1.82) is 0 Å². The van der Waals surface area contributed by atoms with Crippen LogP contribution in [0.4, 0.5) is 0 Å². The molecule has 0 saturated carbocycles. The Hall–Kier alpha value is -3.61. The van der Waals surface area contributed by atoms with Crippen molar-refractivity contribution in [3.8, 4) is 5.75 Å². The van der Waals surface area contributed by atoms with Gasteiger partial charge in [-0.05, 0) is 50.6 Å². The number of benzene rings is 2. The summed E-state index contributed by atoms with van der Waals surface area (Å²) in [5.74, 6) is -0.0440. The molecule has 7 nitrogen and oxygen atoms in total. The number of hydrogen-bond acceptors (Lipinski definition) is 5. The van der Waals surface area contributed by atoms with Gasteiger partial charge in [-0.15, -0.1) is 0 Å². The van der Waals surface area contributed by atoms with Crippen LogP contribution >= 0.6 is 0 Å². The van der Waals surface area contributed by atoms with Crippen LogP contribution in [0.5, 0.6) is 5.75 Å². The van der Waals surface area contributed by atoms with E-state index in [9.17, 15) is 14.4 Å². The number of aryl methyl sites for hydroxylation is 1. The second-order valence-corrected chi connectivity index (χ2v) is 6.59. The Morgan fingerprint density at radius 3 is 2.41 bits per heavy atom. The van der Waals surface area contributed by atoms with E-state index in [-0.39, 0.29) is 23.9 Å². The summed E-state index contributed by atoms with van der Waals surface area (Å²) in [6, 6.07) is 14.2. The molecule has 0 unspecified atom stereocenters. The van der Waals surface area contributed by atoms with E-state index in [2.05, 4.69) is 10.9 Å². The molecule has 2 N–H and O–H groups in total. The first-order valence-electron chi connectivity index (χ1n) is 9.27. The number of ketones is 1. The second kappa shape index (κ2) is 9.05. The molecule has 3 rings (SSSR count). The summed E-state index contributed by atoms with van der Waals surface area (Å²) in [6.45, 7) is 3.63. The summed E-state index contributed by atoms with van der Waals surface area (Å²) >= 11 is 0. The Balaban J connectivity index is 1.41. The van der Waals surface area contributed by atoms with Crippen molar-refractivity contribution in [3.05, 3.63) is 65.4 Å². The minimum absolute atomic E-state index is 0.00638. The van der Waals surface area contributed by atoms with Gasteiger partial charge >= 0.3 is 5.91 Å². The zero-order valence-electron chi connectivity index (χ0n) is 16.3. The molecule has 2 amide bonds. The number of ether oxygens (including phenoxy) is 1. The fourth-order valence-corrected chi connectivity index (χ4v) is 2.85. The van der Waals surface area contributed by atoms with Gasteiger partial charge in [0.2, 0.25) is 5.91 Å². The SMILES string of the molecule is CC(=O)c1ccc(OCCCC(=O)NNC(=O)c2oc3ccccc3c2C)cc1. The summed E-state index contributed by atoms with van der Waals surface area (Å²) in [5, 5.41) is 0.859. The van der Waals surface area contributed by atoms with Gasteiger partial charge < -0.3 is 9.15 Å². The molecule has 3 aromatic rings. The summed E-state index contributed by atoms with van der Waals surface area (Å²) in [7, 11) is 0. The molecule has 0 aliphatic carbocycles. The van der Waals surface area contributed by atoms with E-state index in [4.69, 9.17) is 9.15 Å². The van der Waals surface area contributed by atoms with Crippen LogP contribution in [0.2, 0.25) is 0 Å². The van der Waals surface area contributed by atoms with Crippen molar-refractivity contribution in [2.75, 3.05) is 6.61 Å². The van der Waals surface area contributed by atoms with E-state index in [1.807, 2.05) is 18.2 Å². The summed E-state index contributed by atoms with van der Waals surface area (Å²) in [6.07, 6.45) is 0.657. The van der Waals surface area contributed by atoms with E-state index in [0.29, 0.717) is 29.9 Å². The van der Waals surface area contributed by atoms with Crippen molar-refractivity contribution >= 4 is 28.6 Å². The van der Waals surface area contributed by atoms with E-state index in [1.54, 1.807) is 37.3 Å². The minimum atomic E-state index is -0.506. The first-order chi connectivity index (χ1) is 14.0. The first kappa shape index (κ1) is 20.1. The monoisotopic (exact) mass is 394 g/mol. The lowest BCUT2D eigenvalue weighted by Gasteiger charge is -2.08. The number of Topliss-reactive ketones (excluding diaryl/α,β-unsaturated/α-hetero) is 1. The molecule has 0 aliphatic rings. The number of hydrogen-bond donors (Lipinski definition) is 2. The van der Waals surface area contributed by atoms with E-state index < -0.39 is 5.91 Å². The van der Waals surface area contributed by atoms with Gasteiger partial charge in [0.15, 0.2) is 11.5 Å². The van der Waals surface area contributed by atoms with Crippen molar-refractivity contribution in [2.45, 2.75) is 26.7 Å². The van der Waals surface area contributed by atoms with Gasteiger partial charge in [-0.25, -0.2) is 0 Å². The molecule has 0 bridgehead atoms. The maximum Gasteiger partial charge on any atom is 0.305 e. The van der Waals surface area contributed by atoms with Gasteiger partial charge in [0.1, 0.15) is 11.3 Å². The summed E-state index contributed by atoms with van der Waals surface area (Å²) in [5.41, 5.74) is 6.71. The lowest BCUT2D eigenvalue weighted by Crippen LogP contribution is -2.41. The van der Waals surface area contributed by atoms with E-state index in [1.165, 1.54) is 6.92 Å². The van der Waals surface area contributed by atoms with Crippen LogP contribution in [0.15, 0.2) is 52.9 Å². The number of furan rings is 1. The van der Waals surface area contributed by atoms with Crippen LogP contribution in [0.1, 0.15) is 46.2 Å². The van der Waals surface area contributed by atoms with Gasteiger partial charge in [0, 0.05) is 22.9 Å². The second-order valence-electron chi connectivity index (χ2n) is 6.59. The van der Waals surface area contributed by atoms with Crippen LogP contribution in [-0.2, 0) is 4.79 Å². The topological polar surface area (TPSA) is 97.6 Å². The number of carbonyl (C=O) groups excluding carboxylic acids is 3. The predicted molar refractivity (Wildman–Crippen MR) is 108 cm³/mol. The van der Waals surface area contributed by atoms with Crippen LogP contribution in [0.3, 0.4) is 0 Å². The van der Waals surface area contributed by atoms with Crippen molar-refractivity contribution < 1.29 is 23.5 Å². The number of nitrogens with one attached hydrogen (secondary N) is 2. The average Bonchev–Trinajstić information content (AvgIpc) is 3.06. The third-order valence-corrected chi connectivity index (χ3v) is 4.44. The molecule has 0 saturated heterocycles. The van der Waals surface area contributed by atoms with Crippen molar-refractivity contribution in [3.63, 3.8) is 0 Å². The van der Waals surface area contributed by atoms with Crippen LogP contribution in [0, 0.1) is 6.92 Å². The fraction of sp³-hybridized carbons (Fsp3) is 0.227. The van der Waals surface area contributed by atoms with Crippen LogP contribution < -0.4 is 15.6 Å². The molecule has 0 fully saturated rings. The van der Waals surface area contributed by atoms with Gasteiger partial charge in [-0.1, -0.05) is 18.2 Å². The van der Waals surface area contributed by atoms with Gasteiger partial charge in [-0.2, -0.15) is 0 Å². The smallest absolute Gasteiger partial charge is 0.305 e. The zero-order chi connectivity index (χ0) is 20.8. The highest BCUT2D eigenvalue weighted by molar-refractivity contribution is 5.99. The predicted octanol–water partition coefficient (Wildman–Crippen LogP) is 3.56. The summed E-state index contributed by atoms with van der Waals surface area (Å²) < 4.78 is 11.1. The van der Waals surface area contributed by atoms with Crippen molar-refractivity contribution in [2.24, 2.45) is 0 Å². The maximum absolute atomic E-state index is 12.3. The Labute approximate surface area is 168 Å². The number of amides is 2. The largest absolute Gasteiger partial charge is 0.494 e. The lowest BCUT2D eigenvalue weighted by molar-refractivity contribution is -0.122. The number of fused-ring (bicyclic) bond motifs is 1. The number of rotatable bonds is 7. The molecular formula is C22H22N2O5. The molecule has 2 aromatic carbocycles. The Morgan fingerprint density at radius 1 is 1.00 bits per heavy atom. The number of para-hydroxylation sites is 1. The number of carbonyl (C=O) groups is 3. The van der Waals surface area contributed by atoms with E-state index >= 15 is 0 Å². The highest BCUT2D eigenvalue weighted by Gasteiger charge is 2.17. The molecule has 150 valence electrons. The van der Waals surface area contributed by atoms with Crippen LogP contribution in [-0.4, -0.2) is 24.2 Å². The maximum atomic E-state index is 12.3. The minimum Gasteiger partial charge on any atom is -0.494 e. The highest BCUT2D eigenvalue weighted by Crippen LogP contribution is 2.24. The molecule has 0 aliphatic heterocycles. The molecule has 1 aromatic heterocycles. The van der Waals surface area contributed by atoms with Gasteiger partial charge in [-0.3, -0.25) is 25.2 Å². The first-order valence-corrected chi connectivity index (χ1v) is 9.27. The summed E-state index contributed by atoms with van der Waals surface area (Å²) in [4.78, 5) is 35.4. The Kier molecular flexibility index (Phi) is 6.29. The lowest BCUT2D eigenvalue weighted by atomic mass is 10.1. The third kappa shape index (κ3) is 5.01. The van der Waals surface area contributed by atoms with Crippen LogP contribution in [0.25, 0.3) is 11.0 Å². The third-order valence-electron chi connectivity index (χ3n) is 4.44. The quantitative estimate of drug-likeness (QED) is 0.363.